The Bertz CT molecular complexity index is 1230. The quantitative estimate of drug-likeness (QED) is 0.464. The number of carbonyl (C=O) groups is 2. The number of benzene rings is 2. The van der Waals surface area contributed by atoms with E-state index in [4.69, 9.17) is 0 Å². The molecule has 1 saturated carbocycles. The van der Waals surface area contributed by atoms with E-state index in [-0.39, 0.29) is 17.7 Å². The Balaban J connectivity index is 1.46. The summed E-state index contributed by atoms with van der Waals surface area (Å²) < 4.78 is 0. The zero-order valence-corrected chi connectivity index (χ0v) is 21.6. The van der Waals surface area contributed by atoms with Crippen molar-refractivity contribution in [2.24, 2.45) is 5.92 Å². The molecule has 0 spiro atoms. The topological polar surface area (TPSA) is 69.3 Å². The molecule has 0 bridgehead atoms. The molecule has 190 valence electrons. The Morgan fingerprint density at radius 1 is 0.944 bits per heavy atom. The molecule has 1 aliphatic heterocycles. The molecule has 2 amide bonds. The largest absolute Gasteiger partial charge is 0.342 e. The van der Waals surface area contributed by atoms with Gasteiger partial charge in [0.05, 0.1) is 11.0 Å². The first kappa shape index (κ1) is 24.5. The van der Waals surface area contributed by atoms with Gasteiger partial charge in [-0.2, -0.15) is 0 Å². The van der Waals surface area contributed by atoms with Crippen LogP contribution in [0.15, 0.2) is 42.5 Å². The standard InChI is InChI=1S/C30H38N4O2/c1-21(2)28-31-25-16-15-23(19-26(25)32-28)29(35)33-17-9-5-3-4-6-10-18-34(30(36)22-13-14-22)27-12-8-7-11-24(27)20-33/h7-8,11-12,15-16,19,21-22H,3-6,9-10,13-14,17-18,20H2,1-2H3,(H,31,32). The minimum Gasteiger partial charge on any atom is -0.342 e. The molecule has 1 aromatic heterocycles. The Hall–Kier alpha value is -3.15. The normalized spacial score (nSPS) is 17.9. The molecule has 1 aliphatic carbocycles. The van der Waals surface area contributed by atoms with Crippen molar-refractivity contribution in [3.05, 3.63) is 59.4 Å². The van der Waals surface area contributed by atoms with Crippen molar-refractivity contribution in [2.75, 3.05) is 18.0 Å². The second-order valence-electron chi connectivity index (χ2n) is 10.7. The van der Waals surface area contributed by atoms with Crippen molar-refractivity contribution in [3.8, 4) is 0 Å². The van der Waals surface area contributed by atoms with Gasteiger partial charge in [0, 0.05) is 42.7 Å². The van der Waals surface area contributed by atoms with Gasteiger partial charge in [-0.1, -0.05) is 57.7 Å². The van der Waals surface area contributed by atoms with E-state index in [1.165, 1.54) is 12.8 Å². The molecule has 6 nitrogen and oxygen atoms in total. The van der Waals surface area contributed by atoms with Gasteiger partial charge in [-0.05, 0) is 55.5 Å². The summed E-state index contributed by atoms with van der Waals surface area (Å²) in [5.74, 6) is 1.69. The maximum absolute atomic E-state index is 13.8. The van der Waals surface area contributed by atoms with Gasteiger partial charge >= 0.3 is 0 Å². The molecule has 3 aromatic rings. The number of para-hydroxylation sites is 1. The lowest BCUT2D eigenvalue weighted by Crippen LogP contribution is -2.36. The molecule has 0 unspecified atom stereocenters. The maximum Gasteiger partial charge on any atom is 0.254 e. The van der Waals surface area contributed by atoms with Gasteiger partial charge in [0.2, 0.25) is 5.91 Å². The highest BCUT2D eigenvalue weighted by Gasteiger charge is 2.34. The molecule has 1 fully saturated rings. The summed E-state index contributed by atoms with van der Waals surface area (Å²) in [5.41, 5.74) is 4.48. The number of nitrogens with zero attached hydrogens (tertiary/aromatic N) is 3. The first-order valence-corrected chi connectivity index (χ1v) is 13.7. The number of amides is 2. The summed E-state index contributed by atoms with van der Waals surface area (Å²) in [5, 5.41) is 0. The number of nitrogens with one attached hydrogen (secondary N) is 1. The predicted octanol–water partition coefficient (Wildman–Crippen LogP) is 6.43. The number of hydrogen-bond acceptors (Lipinski definition) is 3. The number of anilines is 1. The minimum atomic E-state index is 0.0299. The van der Waals surface area contributed by atoms with Gasteiger partial charge in [0.1, 0.15) is 5.82 Å². The molecule has 0 atom stereocenters. The van der Waals surface area contributed by atoms with E-state index >= 15 is 0 Å². The van der Waals surface area contributed by atoms with E-state index in [0.717, 1.165) is 73.2 Å². The van der Waals surface area contributed by atoms with E-state index in [9.17, 15) is 9.59 Å². The van der Waals surface area contributed by atoms with Crippen molar-refractivity contribution in [2.45, 2.75) is 77.7 Å². The van der Waals surface area contributed by atoms with Crippen LogP contribution in [0.3, 0.4) is 0 Å². The number of aromatic nitrogens is 2. The summed E-state index contributed by atoms with van der Waals surface area (Å²) >= 11 is 0. The molecule has 0 radical (unpaired) electrons. The lowest BCUT2D eigenvalue weighted by atomic mass is 10.1. The monoisotopic (exact) mass is 486 g/mol. The van der Waals surface area contributed by atoms with Gasteiger partial charge < -0.3 is 14.8 Å². The highest BCUT2D eigenvalue weighted by atomic mass is 16.2. The number of rotatable bonds is 3. The average molecular weight is 487 g/mol. The van der Waals surface area contributed by atoms with Crippen LogP contribution in [-0.2, 0) is 11.3 Å². The van der Waals surface area contributed by atoms with Crippen molar-refractivity contribution in [3.63, 3.8) is 0 Å². The number of H-pyrrole nitrogens is 1. The Morgan fingerprint density at radius 3 is 2.42 bits per heavy atom. The number of aromatic amines is 1. The summed E-state index contributed by atoms with van der Waals surface area (Å²) in [4.78, 5) is 39.1. The second-order valence-corrected chi connectivity index (χ2v) is 10.7. The zero-order valence-electron chi connectivity index (χ0n) is 21.6. The highest BCUT2D eigenvalue weighted by molar-refractivity contribution is 5.98. The van der Waals surface area contributed by atoms with Crippen LogP contribution in [0.4, 0.5) is 5.69 Å². The van der Waals surface area contributed by atoms with Gasteiger partial charge in [-0.3, -0.25) is 9.59 Å². The zero-order chi connectivity index (χ0) is 25.1. The fraction of sp³-hybridized carbons (Fsp3) is 0.500. The van der Waals surface area contributed by atoms with Gasteiger partial charge in [0.15, 0.2) is 0 Å². The third kappa shape index (κ3) is 5.48. The van der Waals surface area contributed by atoms with E-state index < -0.39 is 0 Å². The smallest absolute Gasteiger partial charge is 0.254 e. The van der Waals surface area contributed by atoms with Crippen molar-refractivity contribution in [1.29, 1.82) is 0 Å². The van der Waals surface area contributed by atoms with Crippen molar-refractivity contribution < 1.29 is 9.59 Å². The number of fused-ring (bicyclic) bond motifs is 2. The average Bonchev–Trinajstić information content (AvgIpc) is 3.64. The van der Waals surface area contributed by atoms with E-state index in [1.807, 2.05) is 40.1 Å². The predicted molar refractivity (Wildman–Crippen MR) is 144 cm³/mol. The first-order valence-electron chi connectivity index (χ1n) is 13.7. The first-order chi connectivity index (χ1) is 17.5. The minimum absolute atomic E-state index is 0.0299. The Labute approximate surface area is 214 Å². The van der Waals surface area contributed by atoms with Crippen LogP contribution >= 0.6 is 0 Å². The van der Waals surface area contributed by atoms with Crippen LogP contribution in [-0.4, -0.2) is 39.8 Å². The highest BCUT2D eigenvalue weighted by Crippen LogP contribution is 2.34. The van der Waals surface area contributed by atoms with Crippen LogP contribution in [0.5, 0.6) is 0 Å². The molecule has 2 aromatic carbocycles. The van der Waals surface area contributed by atoms with E-state index in [1.54, 1.807) is 0 Å². The van der Waals surface area contributed by atoms with Crippen LogP contribution < -0.4 is 4.90 Å². The number of hydrogen-bond donors (Lipinski definition) is 1. The maximum atomic E-state index is 13.8. The molecular formula is C30H38N4O2. The molecule has 2 heterocycles. The van der Waals surface area contributed by atoms with Crippen LogP contribution in [0.25, 0.3) is 11.0 Å². The fourth-order valence-corrected chi connectivity index (χ4v) is 5.16. The summed E-state index contributed by atoms with van der Waals surface area (Å²) in [6.07, 6.45) is 8.61. The third-order valence-corrected chi connectivity index (χ3v) is 7.48. The molecule has 36 heavy (non-hydrogen) atoms. The SMILES string of the molecule is CC(C)c1nc2ccc(C(=O)N3CCCCCCCCN(C(=O)C4CC4)c4ccccc4C3)cc2[nH]1. The van der Waals surface area contributed by atoms with E-state index in [0.29, 0.717) is 24.6 Å². The van der Waals surface area contributed by atoms with Crippen LogP contribution in [0, 0.1) is 5.92 Å². The Kier molecular flexibility index (Phi) is 7.40. The lowest BCUT2D eigenvalue weighted by Gasteiger charge is -2.28. The van der Waals surface area contributed by atoms with Crippen molar-refractivity contribution >= 4 is 28.5 Å². The van der Waals surface area contributed by atoms with Crippen molar-refractivity contribution in [1.82, 2.24) is 14.9 Å². The van der Waals surface area contributed by atoms with Gasteiger partial charge in [-0.15, -0.1) is 0 Å². The number of carbonyl (C=O) groups excluding carboxylic acids is 2. The summed E-state index contributed by atoms with van der Waals surface area (Å²) in [7, 11) is 0. The molecule has 2 aliphatic rings. The summed E-state index contributed by atoms with van der Waals surface area (Å²) in [6, 6.07) is 13.9. The summed E-state index contributed by atoms with van der Waals surface area (Å²) in [6.45, 7) is 6.19. The molecule has 6 heteroatoms. The van der Waals surface area contributed by atoms with Crippen LogP contribution in [0.1, 0.15) is 92.9 Å². The van der Waals surface area contributed by atoms with Gasteiger partial charge in [0.25, 0.3) is 5.91 Å². The molecule has 0 saturated heterocycles. The third-order valence-electron chi connectivity index (χ3n) is 7.48. The second kappa shape index (κ2) is 10.9. The molecule has 5 rings (SSSR count). The van der Waals surface area contributed by atoms with Crippen LogP contribution in [0.2, 0.25) is 0 Å². The van der Waals surface area contributed by atoms with E-state index in [2.05, 4.69) is 35.9 Å². The Morgan fingerprint density at radius 2 is 1.67 bits per heavy atom. The number of imidazole rings is 1. The van der Waals surface area contributed by atoms with Gasteiger partial charge in [-0.25, -0.2) is 4.98 Å². The lowest BCUT2D eigenvalue weighted by molar-refractivity contribution is -0.119. The molecular weight excluding hydrogens is 448 g/mol. The fourth-order valence-electron chi connectivity index (χ4n) is 5.16. The molecule has 1 N–H and O–H groups in total.